The van der Waals surface area contributed by atoms with E-state index in [1.54, 1.807) is 24.3 Å². The van der Waals surface area contributed by atoms with E-state index in [9.17, 15) is 4.79 Å². The van der Waals surface area contributed by atoms with Gasteiger partial charge in [-0.15, -0.1) is 0 Å². The molecule has 0 radical (unpaired) electrons. The van der Waals surface area contributed by atoms with E-state index in [0.29, 0.717) is 23.9 Å². The van der Waals surface area contributed by atoms with Crippen LogP contribution in [0.5, 0.6) is 0 Å². The number of nitrogens with one attached hydrogen (secondary N) is 1. The number of benzene rings is 1. The van der Waals surface area contributed by atoms with Crippen LogP contribution in [0.2, 0.25) is 0 Å². The van der Waals surface area contributed by atoms with Gasteiger partial charge in [0.15, 0.2) is 0 Å². The largest absolute Gasteiger partial charge is 0.326 e. The lowest BCUT2D eigenvalue weighted by molar-refractivity contribution is -0.117. The summed E-state index contributed by atoms with van der Waals surface area (Å²) in [5.74, 6) is 0.498. The van der Waals surface area contributed by atoms with Crippen LogP contribution in [0.4, 0.5) is 5.69 Å². The van der Waals surface area contributed by atoms with Crippen LogP contribution in [-0.2, 0) is 4.79 Å². The SMILES string of the molecule is N#Cc1ccc(NC(=O)C[C@H]2CC[C@@H](n3cccn3)CC2)cc1. The topological polar surface area (TPSA) is 70.7 Å². The standard InChI is InChI=1S/C18H20N4O/c19-13-15-2-6-16(7-3-15)21-18(23)12-14-4-8-17(9-5-14)22-11-1-10-20-22/h1-3,6-7,10-11,14,17H,4-5,8-9,12H2,(H,21,23)/t14-,17+. The summed E-state index contributed by atoms with van der Waals surface area (Å²) in [6.07, 6.45) is 8.68. The molecule has 0 aliphatic heterocycles. The maximum Gasteiger partial charge on any atom is 0.224 e. The first-order valence-electron chi connectivity index (χ1n) is 8.04. The molecule has 5 nitrogen and oxygen atoms in total. The minimum Gasteiger partial charge on any atom is -0.326 e. The highest BCUT2D eigenvalue weighted by atomic mass is 16.1. The van der Waals surface area contributed by atoms with E-state index in [4.69, 9.17) is 5.26 Å². The summed E-state index contributed by atoms with van der Waals surface area (Å²) in [6.45, 7) is 0. The Kier molecular flexibility index (Phi) is 4.72. The molecule has 1 aliphatic rings. The van der Waals surface area contributed by atoms with Crippen LogP contribution in [-0.4, -0.2) is 15.7 Å². The Bertz CT molecular complexity index is 677. The molecule has 1 heterocycles. The minimum atomic E-state index is 0.0530. The van der Waals surface area contributed by atoms with Crippen LogP contribution in [0, 0.1) is 17.2 Å². The summed E-state index contributed by atoms with van der Waals surface area (Å²) in [6, 6.07) is 11.5. The van der Waals surface area contributed by atoms with Crippen LogP contribution in [0.25, 0.3) is 0 Å². The highest BCUT2D eigenvalue weighted by Gasteiger charge is 2.24. The molecule has 118 valence electrons. The summed E-state index contributed by atoms with van der Waals surface area (Å²) in [5, 5.41) is 16.0. The number of anilines is 1. The molecule has 1 aromatic heterocycles. The van der Waals surface area contributed by atoms with Crippen LogP contribution >= 0.6 is 0 Å². The van der Waals surface area contributed by atoms with Gasteiger partial charge in [0, 0.05) is 24.5 Å². The van der Waals surface area contributed by atoms with E-state index in [1.165, 1.54) is 0 Å². The molecule has 2 aromatic rings. The Morgan fingerprint density at radius 2 is 2.00 bits per heavy atom. The van der Waals surface area contributed by atoms with Crippen molar-refractivity contribution in [3.8, 4) is 6.07 Å². The van der Waals surface area contributed by atoms with Gasteiger partial charge in [0.25, 0.3) is 0 Å². The van der Waals surface area contributed by atoms with Gasteiger partial charge in [0.2, 0.25) is 5.91 Å². The number of carbonyl (C=O) groups excluding carboxylic acids is 1. The molecule has 1 fully saturated rings. The normalized spacial score (nSPS) is 20.7. The van der Waals surface area contributed by atoms with Crippen molar-refractivity contribution in [1.29, 1.82) is 5.26 Å². The van der Waals surface area contributed by atoms with Gasteiger partial charge in [-0.25, -0.2) is 0 Å². The summed E-state index contributed by atoms with van der Waals surface area (Å²) in [7, 11) is 0. The molecule has 1 amide bonds. The molecule has 5 heteroatoms. The fourth-order valence-electron chi connectivity index (χ4n) is 3.21. The van der Waals surface area contributed by atoms with Gasteiger partial charge < -0.3 is 5.32 Å². The fourth-order valence-corrected chi connectivity index (χ4v) is 3.21. The lowest BCUT2D eigenvalue weighted by atomic mass is 9.84. The summed E-state index contributed by atoms with van der Waals surface area (Å²) in [4.78, 5) is 12.2. The van der Waals surface area contributed by atoms with Crippen molar-refractivity contribution in [2.75, 3.05) is 5.32 Å². The number of aromatic nitrogens is 2. The molecule has 0 unspecified atom stereocenters. The highest BCUT2D eigenvalue weighted by Crippen LogP contribution is 2.33. The number of amides is 1. The van der Waals surface area contributed by atoms with Crippen molar-refractivity contribution in [2.45, 2.75) is 38.1 Å². The summed E-state index contributed by atoms with van der Waals surface area (Å²) in [5.41, 5.74) is 1.35. The Balaban J connectivity index is 1.46. The van der Waals surface area contributed by atoms with Crippen molar-refractivity contribution < 1.29 is 4.79 Å². The van der Waals surface area contributed by atoms with E-state index >= 15 is 0 Å². The third-order valence-corrected chi connectivity index (χ3v) is 4.49. The Morgan fingerprint density at radius 1 is 1.26 bits per heavy atom. The Hall–Kier alpha value is -2.61. The number of nitrogens with zero attached hydrogens (tertiary/aromatic N) is 3. The van der Waals surface area contributed by atoms with E-state index in [0.717, 1.165) is 31.4 Å². The van der Waals surface area contributed by atoms with Gasteiger partial charge in [-0.2, -0.15) is 10.4 Å². The second-order valence-corrected chi connectivity index (χ2v) is 6.10. The molecule has 1 N–H and O–H groups in total. The lowest BCUT2D eigenvalue weighted by Crippen LogP contribution is -2.22. The van der Waals surface area contributed by atoms with Crippen LogP contribution < -0.4 is 5.32 Å². The van der Waals surface area contributed by atoms with Crippen molar-refractivity contribution in [1.82, 2.24) is 9.78 Å². The molecule has 1 aliphatic carbocycles. The van der Waals surface area contributed by atoms with Crippen LogP contribution in [0.15, 0.2) is 42.7 Å². The quantitative estimate of drug-likeness (QED) is 0.939. The molecule has 0 spiro atoms. The maximum atomic E-state index is 12.2. The predicted octanol–water partition coefficient (Wildman–Crippen LogP) is 3.51. The number of carbonyl (C=O) groups is 1. The van der Waals surface area contributed by atoms with Crippen molar-refractivity contribution in [3.63, 3.8) is 0 Å². The van der Waals surface area contributed by atoms with E-state index in [-0.39, 0.29) is 5.91 Å². The molecule has 0 bridgehead atoms. The zero-order chi connectivity index (χ0) is 16.1. The van der Waals surface area contributed by atoms with E-state index in [2.05, 4.69) is 16.5 Å². The van der Waals surface area contributed by atoms with Gasteiger partial charge in [-0.1, -0.05) is 0 Å². The summed E-state index contributed by atoms with van der Waals surface area (Å²) >= 11 is 0. The first-order chi connectivity index (χ1) is 11.2. The van der Waals surface area contributed by atoms with E-state index < -0.39 is 0 Å². The molecule has 1 aromatic carbocycles. The van der Waals surface area contributed by atoms with Crippen molar-refractivity contribution in [2.24, 2.45) is 5.92 Å². The van der Waals surface area contributed by atoms with Gasteiger partial charge in [-0.05, 0) is 61.9 Å². The molecule has 1 saturated carbocycles. The second kappa shape index (κ2) is 7.10. The highest BCUT2D eigenvalue weighted by molar-refractivity contribution is 5.90. The number of hydrogen-bond acceptors (Lipinski definition) is 3. The average Bonchev–Trinajstić information content (AvgIpc) is 3.11. The first kappa shape index (κ1) is 15.3. The third-order valence-electron chi connectivity index (χ3n) is 4.49. The van der Waals surface area contributed by atoms with Gasteiger partial charge in [0.05, 0.1) is 17.7 Å². The van der Waals surface area contributed by atoms with Crippen LogP contribution in [0.1, 0.15) is 43.7 Å². The smallest absolute Gasteiger partial charge is 0.224 e. The third kappa shape index (κ3) is 3.98. The van der Waals surface area contributed by atoms with Gasteiger partial charge in [-0.3, -0.25) is 9.48 Å². The number of hydrogen-bond donors (Lipinski definition) is 1. The molecule has 0 saturated heterocycles. The Morgan fingerprint density at radius 3 is 2.61 bits per heavy atom. The second-order valence-electron chi connectivity index (χ2n) is 6.10. The van der Waals surface area contributed by atoms with Crippen molar-refractivity contribution in [3.05, 3.63) is 48.3 Å². The van der Waals surface area contributed by atoms with Crippen molar-refractivity contribution >= 4 is 11.6 Å². The minimum absolute atomic E-state index is 0.0530. The molecular weight excluding hydrogens is 288 g/mol. The Labute approximate surface area is 135 Å². The molecule has 3 rings (SSSR count). The lowest BCUT2D eigenvalue weighted by Gasteiger charge is -2.28. The van der Waals surface area contributed by atoms with Gasteiger partial charge >= 0.3 is 0 Å². The number of nitriles is 1. The zero-order valence-electron chi connectivity index (χ0n) is 13.0. The number of rotatable bonds is 4. The van der Waals surface area contributed by atoms with Crippen LogP contribution in [0.3, 0.4) is 0 Å². The molecule has 23 heavy (non-hydrogen) atoms. The van der Waals surface area contributed by atoms with Gasteiger partial charge in [0.1, 0.15) is 0 Å². The predicted molar refractivity (Wildman–Crippen MR) is 87.6 cm³/mol. The average molecular weight is 308 g/mol. The molecule has 0 atom stereocenters. The fraction of sp³-hybridized carbons (Fsp3) is 0.389. The first-order valence-corrected chi connectivity index (χ1v) is 8.04. The maximum absolute atomic E-state index is 12.2. The monoisotopic (exact) mass is 308 g/mol. The summed E-state index contributed by atoms with van der Waals surface area (Å²) < 4.78 is 2.03. The van der Waals surface area contributed by atoms with E-state index in [1.807, 2.05) is 23.1 Å². The molecular formula is C18H20N4O. The zero-order valence-corrected chi connectivity index (χ0v) is 13.0.